The maximum absolute atomic E-state index is 13.0. The quantitative estimate of drug-likeness (QED) is 0.345. The van der Waals surface area contributed by atoms with Crippen LogP contribution in [0.3, 0.4) is 0 Å². The van der Waals surface area contributed by atoms with Gasteiger partial charge in [0.15, 0.2) is 0 Å². The number of hydrogen-bond donors (Lipinski definition) is 1. The number of urea groups is 1. The van der Waals surface area contributed by atoms with Gasteiger partial charge in [-0.1, -0.05) is 53.6 Å². The number of benzene rings is 3. The molecule has 33 heavy (non-hydrogen) atoms. The Bertz CT molecular complexity index is 1290. The average Bonchev–Trinajstić information content (AvgIpc) is 2.78. The second-order valence-electron chi connectivity index (χ2n) is 7.36. The molecule has 1 aliphatic rings. The molecule has 0 spiro atoms. The average molecular weight is 526 g/mol. The molecule has 1 heterocycles. The van der Waals surface area contributed by atoms with Gasteiger partial charge in [-0.2, -0.15) is 0 Å². The number of halogens is 2. The number of rotatable bonds is 5. The number of nitrogens with zero attached hydrogens (tertiary/aromatic N) is 1. The number of carbonyl (C=O) groups excluding carboxylic acids is 3. The zero-order valence-electron chi connectivity index (χ0n) is 17.5. The lowest BCUT2D eigenvalue weighted by Crippen LogP contribution is -2.54. The summed E-state index contributed by atoms with van der Waals surface area (Å²) < 4.78 is 6.48. The number of aryl methyl sites for hydroxylation is 1. The highest BCUT2D eigenvalue weighted by Gasteiger charge is 2.36. The van der Waals surface area contributed by atoms with Crippen LogP contribution in [0.2, 0.25) is 5.02 Å². The molecule has 3 aromatic carbocycles. The summed E-state index contributed by atoms with van der Waals surface area (Å²) in [6.45, 7) is 2.18. The topological polar surface area (TPSA) is 75.7 Å². The van der Waals surface area contributed by atoms with Crippen LogP contribution in [0.1, 0.15) is 16.7 Å². The van der Waals surface area contributed by atoms with Crippen molar-refractivity contribution in [2.24, 2.45) is 0 Å². The first-order chi connectivity index (χ1) is 15.8. The van der Waals surface area contributed by atoms with Gasteiger partial charge >= 0.3 is 6.03 Å². The largest absolute Gasteiger partial charge is 0.488 e. The Kier molecular flexibility index (Phi) is 6.62. The van der Waals surface area contributed by atoms with Crippen molar-refractivity contribution in [3.63, 3.8) is 0 Å². The van der Waals surface area contributed by atoms with Crippen LogP contribution in [0.5, 0.6) is 5.75 Å². The molecule has 166 valence electrons. The summed E-state index contributed by atoms with van der Waals surface area (Å²) in [5.74, 6) is -0.862. The molecular formula is C25H18BrClN2O4. The lowest BCUT2D eigenvalue weighted by molar-refractivity contribution is -0.122. The van der Waals surface area contributed by atoms with Crippen LogP contribution in [-0.4, -0.2) is 17.8 Å². The van der Waals surface area contributed by atoms with Gasteiger partial charge in [0.05, 0.1) is 10.2 Å². The second kappa shape index (κ2) is 9.60. The molecule has 1 N–H and O–H groups in total. The van der Waals surface area contributed by atoms with Crippen LogP contribution < -0.4 is 15.0 Å². The first kappa shape index (κ1) is 22.8. The van der Waals surface area contributed by atoms with E-state index in [9.17, 15) is 14.4 Å². The summed E-state index contributed by atoms with van der Waals surface area (Å²) in [5.41, 5.74) is 2.65. The minimum absolute atomic E-state index is 0.146. The molecule has 4 rings (SSSR count). The molecule has 0 aromatic heterocycles. The smallest absolute Gasteiger partial charge is 0.335 e. The van der Waals surface area contributed by atoms with Crippen LogP contribution in [-0.2, 0) is 16.2 Å². The predicted molar refractivity (Wildman–Crippen MR) is 130 cm³/mol. The molecule has 0 unspecified atom stereocenters. The number of ether oxygens (including phenoxy) is 1. The molecule has 3 aromatic rings. The van der Waals surface area contributed by atoms with E-state index in [1.807, 2.05) is 25.1 Å². The van der Waals surface area contributed by atoms with Crippen molar-refractivity contribution in [2.45, 2.75) is 13.5 Å². The summed E-state index contributed by atoms with van der Waals surface area (Å²) in [6.07, 6.45) is 1.44. The zero-order valence-corrected chi connectivity index (χ0v) is 19.8. The first-order valence-electron chi connectivity index (χ1n) is 9.97. The number of anilines is 1. The lowest BCUT2D eigenvalue weighted by Gasteiger charge is -2.26. The lowest BCUT2D eigenvalue weighted by atomic mass is 10.1. The van der Waals surface area contributed by atoms with E-state index >= 15 is 0 Å². The van der Waals surface area contributed by atoms with Gasteiger partial charge < -0.3 is 4.74 Å². The Morgan fingerprint density at radius 1 is 1.03 bits per heavy atom. The molecular weight excluding hydrogens is 508 g/mol. The first-order valence-corrected chi connectivity index (χ1v) is 11.1. The van der Waals surface area contributed by atoms with Crippen LogP contribution >= 0.6 is 27.5 Å². The predicted octanol–water partition coefficient (Wildman–Crippen LogP) is 5.66. The molecule has 6 nitrogen and oxygen atoms in total. The highest BCUT2D eigenvalue weighted by Crippen LogP contribution is 2.29. The minimum atomic E-state index is -0.782. The van der Waals surface area contributed by atoms with E-state index in [1.165, 1.54) is 6.08 Å². The molecule has 0 aliphatic carbocycles. The molecule has 1 saturated heterocycles. The van der Waals surface area contributed by atoms with E-state index in [0.29, 0.717) is 26.5 Å². The van der Waals surface area contributed by atoms with Crippen molar-refractivity contribution in [3.05, 3.63) is 98.5 Å². The molecule has 8 heteroatoms. The Hall–Kier alpha value is -3.42. The molecule has 4 amide bonds. The third-order valence-electron chi connectivity index (χ3n) is 5.00. The summed E-state index contributed by atoms with van der Waals surface area (Å²) >= 11 is 9.63. The highest BCUT2D eigenvalue weighted by atomic mass is 79.9. The monoisotopic (exact) mass is 524 g/mol. The Morgan fingerprint density at radius 2 is 1.76 bits per heavy atom. The SMILES string of the molecule is Cc1ccc(N2C(=O)NC(=O)/C(=C\c3ccc(OCc4ccccc4Cl)c(Br)c3)C2=O)cc1. The van der Waals surface area contributed by atoms with Gasteiger partial charge in [-0.05, 0) is 64.8 Å². The summed E-state index contributed by atoms with van der Waals surface area (Å²) in [5, 5.41) is 2.84. The van der Waals surface area contributed by atoms with Crippen LogP contribution in [0, 0.1) is 6.92 Å². The number of barbiturate groups is 1. The number of nitrogens with one attached hydrogen (secondary N) is 1. The fourth-order valence-corrected chi connectivity index (χ4v) is 3.95. The Labute approximate surface area is 203 Å². The van der Waals surface area contributed by atoms with Crippen molar-refractivity contribution in [1.29, 1.82) is 0 Å². The maximum atomic E-state index is 13.0. The van der Waals surface area contributed by atoms with E-state index in [2.05, 4.69) is 21.2 Å². The molecule has 0 saturated carbocycles. The third-order valence-corrected chi connectivity index (χ3v) is 5.99. The van der Waals surface area contributed by atoms with E-state index in [4.69, 9.17) is 16.3 Å². The van der Waals surface area contributed by atoms with Gasteiger partial charge in [-0.15, -0.1) is 0 Å². The molecule has 1 fully saturated rings. The van der Waals surface area contributed by atoms with Crippen molar-refractivity contribution in [2.75, 3.05) is 4.90 Å². The third kappa shape index (κ3) is 4.99. The van der Waals surface area contributed by atoms with Gasteiger partial charge in [0.25, 0.3) is 11.8 Å². The Balaban J connectivity index is 1.57. The van der Waals surface area contributed by atoms with Gasteiger partial charge in [0.2, 0.25) is 0 Å². The zero-order chi connectivity index (χ0) is 23.5. The summed E-state index contributed by atoms with van der Waals surface area (Å²) in [4.78, 5) is 38.7. The van der Waals surface area contributed by atoms with E-state index in [-0.39, 0.29) is 12.2 Å². The minimum Gasteiger partial charge on any atom is -0.488 e. The number of carbonyl (C=O) groups is 3. The maximum Gasteiger partial charge on any atom is 0.335 e. The van der Waals surface area contributed by atoms with Crippen LogP contribution in [0.15, 0.2) is 76.8 Å². The second-order valence-corrected chi connectivity index (χ2v) is 8.62. The molecule has 0 atom stereocenters. The molecule has 0 radical (unpaired) electrons. The van der Waals surface area contributed by atoms with Gasteiger partial charge in [0.1, 0.15) is 17.9 Å². The Morgan fingerprint density at radius 3 is 2.45 bits per heavy atom. The van der Waals surface area contributed by atoms with Gasteiger partial charge in [0, 0.05) is 10.6 Å². The summed E-state index contributed by atoms with van der Waals surface area (Å²) in [6, 6.07) is 18.7. The van der Waals surface area contributed by atoms with Gasteiger partial charge in [-0.25, -0.2) is 9.69 Å². The van der Waals surface area contributed by atoms with E-state index in [0.717, 1.165) is 16.0 Å². The number of amides is 4. The van der Waals surface area contributed by atoms with Crippen molar-refractivity contribution in [3.8, 4) is 5.75 Å². The number of hydrogen-bond acceptors (Lipinski definition) is 4. The molecule has 0 bridgehead atoms. The van der Waals surface area contributed by atoms with Gasteiger partial charge in [-0.3, -0.25) is 14.9 Å². The van der Waals surface area contributed by atoms with Crippen LogP contribution in [0.25, 0.3) is 6.08 Å². The standard InChI is InChI=1S/C25H18BrClN2O4/c1-15-6-9-18(10-7-15)29-24(31)19(23(30)28-25(29)32)12-16-8-11-22(20(26)13-16)33-14-17-4-2-3-5-21(17)27/h2-13H,14H2,1H3,(H,28,30,32)/b19-12+. The fraction of sp³-hybridized carbons (Fsp3) is 0.0800. The van der Waals surface area contributed by atoms with Crippen LogP contribution in [0.4, 0.5) is 10.5 Å². The van der Waals surface area contributed by atoms with Crippen molar-refractivity contribution >= 4 is 57.1 Å². The normalized spacial score (nSPS) is 15.1. The summed E-state index contributed by atoms with van der Waals surface area (Å²) in [7, 11) is 0. The highest BCUT2D eigenvalue weighted by molar-refractivity contribution is 9.10. The van der Waals surface area contributed by atoms with E-state index in [1.54, 1.807) is 48.5 Å². The number of imide groups is 2. The fourth-order valence-electron chi connectivity index (χ4n) is 3.25. The molecule has 1 aliphatic heterocycles. The van der Waals surface area contributed by atoms with Crippen molar-refractivity contribution < 1.29 is 19.1 Å². The van der Waals surface area contributed by atoms with Crippen molar-refractivity contribution in [1.82, 2.24) is 5.32 Å². The van der Waals surface area contributed by atoms with E-state index < -0.39 is 17.8 Å².